The van der Waals surface area contributed by atoms with Gasteiger partial charge in [-0.1, -0.05) is 29.3 Å². The number of aromatic nitrogens is 3. The summed E-state index contributed by atoms with van der Waals surface area (Å²) >= 11 is 11.9. The molecule has 1 aromatic carbocycles. The van der Waals surface area contributed by atoms with Crippen LogP contribution in [0.2, 0.25) is 10.0 Å². The Morgan fingerprint density at radius 3 is 2.96 bits per heavy atom. The highest BCUT2D eigenvalue weighted by molar-refractivity contribution is 6.35. The lowest BCUT2D eigenvalue weighted by molar-refractivity contribution is 0.146. The zero-order chi connectivity index (χ0) is 16.9. The van der Waals surface area contributed by atoms with Gasteiger partial charge in [-0.15, -0.1) is 0 Å². The molecule has 3 rings (SSSR count). The molecule has 0 aliphatic heterocycles. The molecule has 24 heavy (non-hydrogen) atoms. The molecule has 3 aromatic rings. The van der Waals surface area contributed by atoms with Crippen molar-refractivity contribution in [2.75, 3.05) is 6.61 Å². The van der Waals surface area contributed by atoms with Crippen LogP contribution in [0.4, 0.5) is 4.79 Å². The van der Waals surface area contributed by atoms with Crippen LogP contribution in [0, 0.1) is 0 Å². The fourth-order valence-electron chi connectivity index (χ4n) is 2.16. The minimum atomic E-state index is -0.520. The summed E-state index contributed by atoms with van der Waals surface area (Å²) in [5.41, 5.74) is 2.30. The number of amides is 1. The number of alkyl carbamates (subject to hydrolysis) is 1. The molecular formula is C16H14Cl2N4O2. The molecule has 0 aliphatic carbocycles. The first-order chi connectivity index (χ1) is 11.6. The highest BCUT2D eigenvalue weighted by Gasteiger charge is 2.07. The largest absolute Gasteiger partial charge is 0.449 e. The summed E-state index contributed by atoms with van der Waals surface area (Å²) in [6.07, 6.45) is 1.67. The lowest BCUT2D eigenvalue weighted by Crippen LogP contribution is -2.25. The Bertz CT molecular complexity index is 833. The zero-order valence-corrected chi connectivity index (χ0v) is 14.1. The van der Waals surface area contributed by atoms with E-state index in [1.165, 1.54) is 0 Å². The molecule has 0 spiro atoms. The number of hydrogen-bond donors (Lipinski definition) is 2. The Morgan fingerprint density at radius 2 is 2.17 bits per heavy atom. The first kappa shape index (κ1) is 16.5. The highest BCUT2D eigenvalue weighted by Crippen LogP contribution is 2.21. The maximum absolute atomic E-state index is 11.7. The molecule has 8 heteroatoms. The van der Waals surface area contributed by atoms with E-state index in [2.05, 4.69) is 20.3 Å². The molecule has 0 bridgehead atoms. The van der Waals surface area contributed by atoms with Gasteiger partial charge >= 0.3 is 6.09 Å². The predicted molar refractivity (Wildman–Crippen MR) is 92.2 cm³/mol. The van der Waals surface area contributed by atoms with Gasteiger partial charge in [0.05, 0.1) is 13.2 Å². The maximum Gasteiger partial charge on any atom is 0.407 e. The van der Waals surface area contributed by atoms with Crippen molar-refractivity contribution in [1.82, 2.24) is 20.3 Å². The molecule has 2 aromatic heterocycles. The minimum Gasteiger partial charge on any atom is -0.449 e. The van der Waals surface area contributed by atoms with Crippen molar-refractivity contribution >= 4 is 40.5 Å². The van der Waals surface area contributed by atoms with E-state index >= 15 is 0 Å². The molecule has 0 saturated carbocycles. The minimum absolute atomic E-state index is 0.217. The summed E-state index contributed by atoms with van der Waals surface area (Å²) in [4.78, 5) is 23.2. The van der Waals surface area contributed by atoms with Crippen LogP contribution in [0.1, 0.15) is 11.4 Å². The summed E-state index contributed by atoms with van der Waals surface area (Å²) in [5, 5.41) is 3.76. The summed E-state index contributed by atoms with van der Waals surface area (Å²) < 4.78 is 5.13. The Kier molecular flexibility index (Phi) is 5.17. The molecule has 2 N–H and O–H groups in total. The average Bonchev–Trinajstić information content (AvgIpc) is 2.98. The molecule has 0 saturated heterocycles. The van der Waals surface area contributed by atoms with Gasteiger partial charge in [0.15, 0.2) is 5.65 Å². The van der Waals surface area contributed by atoms with Gasteiger partial charge in [-0.2, -0.15) is 0 Å². The van der Waals surface area contributed by atoms with Crippen molar-refractivity contribution in [1.29, 1.82) is 0 Å². The number of hydrogen-bond acceptors (Lipinski definition) is 4. The van der Waals surface area contributed by atoms with Crippen LogP contribution in [0.15, 0.2) is 36.5 Å². The van der Waals surface area contributed by atoms with Crippen LogP contribution in [0.5, 0.6) is 0 Å². The second-order valence-electron chi connectivity index (χ2n) is 5.03. The van der Waals surface area contributed by atoms with Gasteiger partial charge in [0, 0.05) is 22.7 Å². The topological polar surface area (TPSA) is 79.9 Å². The Morgan fingerprint density at radius 1 is 1.29 bits per heavy atom. The second-order valence-corrected chi connectivity index (χ2v) is 5.87. The summed E-state index contributed by atoms with van der Waals surface area (Å²) in [6.45, 7) is 0.450. The van der Waals surface area contributed by atoms with E-state index < -0.39 is 6.09 Å². The maximum atomic E-state index is 11.7. The van der Waals surface area contributed by atoms with Crippen molar-refractivity contribution in [3.05, 3.63) is 58.0 Å². The molecule has 2 heterocycles. The number of halogens is 2. The first-order valence-corrected chi connectivity index (χ1v) is 8.01. The van der Waals surface area contributed by atoms with E-state index in [1.807, 2.05) is 12.1 Å². The number of rotatable bonds is 5. The number of carbonyl (C=O) groups excluding carboxylic acids is 1. The third kappa shape index (κ3) is 4.15. The number of fused-ring (bicyclic) bond motifs is 1. The monoisotopic (exact) mass is 364 g/mol. The van der Waals surface area contributed by atoms with Crippen LogP contribution in [-0.4, -0.2) is 27.7 Å². The van der Waals surface area contributed by atoms with Gasteiger partial charge in [-0.25, -0.2) is 14.8 Å². The number of pyridine rings is 1. The average molecular weight is 365 g/mol. The van der Waals surface area contributed by atoms with Crippen molar-refractivity contribution in [2.24, 2.45) is 0 Å². The Hall–Kier alpha value is -2.31. The van der Waals surface area contributed by atoms with Crippen LogP contribution in [0.25, 0.3) is 11.2 Å². The first-order valence-electron chi connectivity index (χ1n) is 7.26. The van der Waals surface area contributed by atoms with Gasteiger partial charge < -0.3 is 15.0 Å². The Balaban J connectivity index is 1.45. The molecule has 6 nitrogen and oxygen atoms in total. The lowest BCUT2D eigenvalue weighted by Gasteiger charge is -2.07. The van der Waals surface area contributed by atoms with E-state index in [0.717, 1.165) is 11.1 Å². The van der Waals surface area contributed by atoms with Crippen molar-refractivity contribution in [2.45, 2.75) is 13.0 Å². The van der Waals surface area contributed by atoms with Crippen molar-refractivity contribution < 1.29 is 9.53 Å². The molecule has 0 atom stereocenters. The molecule has 0 fully saturated rings. The molecular weight excluding hydrogens is 351 g/mol. The van der Waals surface area contributed by atoms with Crippen molar-refractivity contribution in [3.8, 4) is 0 Å². The molecule has 0 aliphatic rings. The zero-order valence-electron chi connectivity index (χ0n) is 12.6. The third-order valence-corrected chi connectivity index (χ3v) is 3.91. The van der Waals surface area contributed by atoms with E-state index in [-0.39, 0.29) is 13.2 Å². The number of ether oxygens (including phenoxy) is 1. The normalized spacial score (nSPS) is 10.8. The van der Waals surface area contributed by atoms with Crippen LogP contribution in [-0.2, 0) is 17.7 Å². The predicted octanol–water partition coefficient (Wildman–Crippen LogP) is 3.73. The van der Waals surface area contributed by atoms with E-state index in [4.69, 9.17) is 27.9 Å². The van der Waals surface area contributed by atoms with Crippen molar-refractivity contribution in [3.63, 3.8) is 0 Å². The van der Waals surface area contributed by atoms with Crippen LogP contribution in [0.3, 0.4) is 0 Å². The summed E-state index contributed by atoms with van der Waals surface area (Å²) in [7, 11) is 0. The van der Waals surface area contributed by atoms with E-state index in [9.17, 15) is 4.79 Å². The van der Waals surface area contributed by atoms with Gasteiger partial charge in [-0.3, -0.25) is 0 Å². The fraction of sp³-hybridized carbons (Fsp3) is 0.188. The highest BCUT2D eigenvalue weighted by atomic mass is 35.5. The number of nitrogens with zero attached hydrogens (tertiary/aromatic N) is 2. The number of H-pyrrole nitrogens is 1. The Labute approximate surface area is 148 Å². The summed E-state index contributed by atoms with van der Waals surface area (Å²) in [6, 6.07) is 8.87. The second kappa shape index (κ2) is 7.51. The lowest BCUT2D eigenvalue weighted by atomic mass is 10.2. The fourth-order valence-corrected chi connectivity index (χ4v) is 2.67. The standard InChI is InChI=1S/C16H14Cl2N4O2/c17-11-4-3-10(12(18)8-11)5-7-24-16(23)20-9-14-21-13-2-1-6-19-15(13)22-14/h1-4,6,8H,5,7,9H2,(H,20,23)(H,19,21,22). The molecule has 0 unspecified atom stereocenters. The number of nitrogens with one attached hydrogen (secondary N) is 2. The molecule has 0 radical (unpaired) electrons. The molecule has 1 amide bonds. The number of carbonyl (C=O) groups is 1. The number of imidazole rings is 1. The van der Waals surface area contributed by atoms with Gasteiger partial charge in [-0.05, 0) is 29.8 Å². The van der Waals surface area contributed by atoms with Gasteiger partial charge in [0.25, 0.3) is 0 Å². The number of benzene rings is 1. The summed E-state index contributed by atoms with van der Waals surface area (Å²) in [5.74, 6) is 0.612. The van der Waals surface area contributed by atoms with Gasteiger partial charge in [0.2, 0.25) is 0 Å². The smallest absolute Gasteiger partial charge is 0.407 e. The van der Waals surface area contributed by atoms with E-state index in [0.29, 0.717) is 27.9 Å². The van der Waals surface area contributed by atoms with Crippen LogP contribution < -0.4 is 5.32 Å². The third-order valence-electron chi connectivity index (χ3n) is 3.32. The van der Waals surface area contributed by atoms with Crippen LogP contribution >= 0.6 is 23.2 Å². The number of aromatic amines is 1. The SMILES string of the molecule is O=C(NCc1nc2cccnc2[nH]1)OCCc1ccc(Cl)cc1Cl. The van der Waals surface area contributed by atoms with Gasteiger partial charge in [0.1, 0.15) is 11.3 Å². The quantitative estimate of drug-likeness (QED) is 0.722. The molecule has 124 valence electrons. The van der Waals surface area contributed by atoms with E-state index in [1.54, 1.807) is 24.4 Å².